The smallest absolute Gasteiger partial charge is 0.302 e. The molecule has 24 heavy (non-hydrogen) atoms. The van der Waals surface area contributed by atoms with Crippen LogP contribution in [0.25, 0.3) is 10.9 Å². The van der Waals surface area contributed by atoms with E-state index in [4.69, 9.17) is 27.9 Å². The first kappa shape index (κ1) is 16.3. The van der Waals surface area contributed by atoms with Crippen molar-refractivity contribution in [1.82, 2.24) is 4.98 Å². The summed E-state index contributed by atoms with van der Waals surface area (Å²) in [6.07, 6.45) is 0. The normalized spacial score (nSPS) is 11.2. The van der Waals surface area contributed by atoms with Gasteiger partial charge in [0.25, 0.3) is 0 Å². The van der Waals surface area contributed by atoms with Crippen molar-refractivity contribution in [3.8, 4) is 11.6 Å². The summed E-state index contributed by atoms with van der Waals surface area (Å²) in [6, 6.07) is 11.6. The molecule has 0 aliphatic rings. The van der Waals surface area contributed by atoms with Crippen LogP contribution in [-0.4, -0.2) is 22.6 Å². The van der Waals surface area contributed by atoms with Crippen LogP contribution >= 0.6 is 23.2 Å². The zero-order valence-corrected chi connectivity index (χ0v) is 13.7. The Hall–Kier alpha value is -2.57. The Morgan fingerprint density at radius 1 is 1.17 bits per heavy atom. The van der Waals surface area contributed by atoms with Gasteiger partial charge in [0.1, 0.15) is 5.75 Å². The quantitative estimate of drug-likeness (QED) is 0.648. The second-order valence-corrected chi connectivity index (χ2v) is 5.72. The van der Waals surface area contributed by atoms with E-state index >= 15 is 0 Å². The van der Waals surface area contributed by atoms with Crippen molar-refractivity contribution in [1.29, 1.82) is 0 Å². The van der Waals surface area contributed by atoms with Crippen molar-refractivity contribution in [2.45, 2.75) is 0 Å². The van der Waals surface area contributed by atoms with Crippen molar-refractivity contribution in [3.05, 3.63) is 52.5 Å². The lowest BCUT2D eigenvalue weighted by Crippen LogP contribution is -2.07. The number of aromatic nitrogens is 1. The number of nitrogens with one attached hydrogen (secondary N) is 1. The molecule has 1 amide bonds. The fourth-order valence-electron chi connectivity index (χ4n) is 2.07. The topological polar surface area (TPSA) is 87.0 Å². The molecule has 0 radical (unpaired) electrons. The molecule has 0 atom stereocenters. The second-order valence-electron chi connectivity index (χ2n) is 4.85. The van der Waals surface area contributed by atoms with Gasteiger partial charge in [0, 0.05) is 15.4 Å². The number of halogens is 2. The van der Waals surface area contributed by atoms with Gasteiger partial charge in [-0.25, -0.2) is 0 Å². The van der Waals surface area contributed by atoms with E-state index in [0.29, 0.717) is 26.7 Å². The maximum Gasteiger partial charge on any atom is 0.302 e. The van der Waals surface area contributed by atoms with Crippen molar-refractivity contribution in [2.24, 2.45) is 10.2 Å². The first-order chi connectivity index (χ1) is 11.5. The first-order valence-electron chi connectivity index (χ1n) is 6.86. The summed E-state index contributed by atoms with van der Waals surface area (Å²) in [7, 11) is 0. The average molecular weight is 364 g/mol. The summed E-state index contributed by atoms with van der Waals surface area (Å²) in [5, 5.41) is 18.8. The molecule has 0 saturated heterocycles. The van der Waals surface area contributed by atoms with Crippen LogP contribution < -0.4 is 4.74 Å². The number of nitrogens with zero attached hydrogens (tertiary/aromatic N) is 2. The Morgan fingerprint density at radius 2 is 1.96 bits per heavy atom. The summed E-state index contributed by atoms with van der Waals surface area (Å²) < 4.78 is 5.28. The Bertz CT molecular complexity index is 937. The molecular weight excluding hydrogens is 353 g/mol. The summed E-state index contributed by atoms with van der Waals surface area (Å²) in [5.74, 6) is -0.349. The fourth-order valence-corrected chi connectivity index (χ4v) is 2.43. The van der Waals surface area contributed by atoms with E-state index in [1.807, 2.05) is 0 Å². The molecule has 3 aromatic rings. The van der Waals surface area contributed by atoms with Gasteiger partial charge in [0.2, 0.25) is 5.88 Å². The van der Waals surface area contributed by atoms with E-state index in [9.17, 15) is 9.90 Å². The molecule has 1 heterocycles. The molecule has 2 aromatic carbocycles. The molecular formula is C16H11Cl2N3O3. The largest absolute Gasteiger partial charge is 0.493 e. The molecule has 0 fully saturated rings. The Labute approximate surface area is 146 Å². The number of amides is 1. The summed E-state index contributed by atoms with van der Waals surface area (Å²) in [5.41, 5.74) is 0.775. The molecule has 2 N–H and O–H groups in total. The highest BCUT2D eigenvalue weighted by molar-refractivity contribution is 6.31. The van der Waals surface area contributed by atoms with Gasteiger partial charge < -0.3 is 14.8 Å². The molecule has 0 aliphatic carbocycles. The lowest BCUT2D eigenvalue weighted by Gasteiger charge is -2.02. The number of azo groups is 1. The Balaban J connectivity index is 1.72. The zero-order chi connectivity index (χ0) is 17.1. The van der Waals surface area contributed by atoms with E-state index in [0.717, 1.165) is 0 Å². The van der Waals surface area contributed by atoms with Crippen LogP contribution in [0, 0.1) is 0 Å². The van der Waals surface area contributed by atoms with Crippen molar-refractivity contribution < 1.29 is 14.6 Å². The van der Waals surface area contributed by atoms with E-state index < -0.39 is 5.91 Å². The van der Waals surface area contributed by atoms with Gasteiger partial charge in [-0.2, -0.15) is 0 Å². The molecule has 0 saturated carbocycles. The number of hydrogen-bond acceptors (Lipinski definition) is 4. The van der Waals surface area contributed by atoms with E-state index in [1.54, 1.807) is 42.5 Å². The monoisotopic (exact) mass is 363 g/mol. The van der Waals surface area contributed by atoms with Gasteiger partial charge in [-0.05, 0) is 36.4 Å². The molecule has 122 valence electrons. The maximum absolute atomic E-state index is 11.8. The number of hydrogen-bond donors (Lipinski definition) is 2. The zero-order valence-electron chi connectivity index (χ0n) is 12.2. The summed E-state index contributed by atoms with van der Waals surface area (Å²) in [6.45, 7) is -0.298. The first-order valence-corrected chi connectivity index (χ1v) is 7.61. The molecule has 0 aliphatic heterocycles. The van der Waals surface area contributed by atoms with Crippen LogP contribution in [0.5, 0.6) is 11.6 Å². The van der Waals surface area contributed by atoms with Gasteiger partial charge >= 0.3 is 5.91 Å². The van der Waals surface area contributed by atoms with E-state index in [-0.39, 0.29) is 18.2 Å². The fraction of sp³-hybridized carbons (Fsp3) is 0.0625. The van der Waals surface area contributed by atoms with Crippen molar-refractivity contribution >= 4 is 45.7 Å². The minimum absolute atomic E-state index is 0.142. The number of aromatic amines is 1. The molecule has 3 rings (SSSR count). The van der Waals surface area contributed by atoms with Crippen molar-refractivity contribution in [3.63, 3.8) is 0 Å². The van der Waals surface area contributed by atoms with Crippen LogP contribution in [0.15, 0.2) is 52.7 Å². The molecule has 0 bridgehead atoms. The van der Waals surface area contributed by atoms with Gasteiger partial charge in [0.15, 0.2) is 12.3 Å². The standard InChI is InChI=1S/C16H11Cl2N3O3/c17-9-2-1-3-11(6-9)24-8-14(22)20-21-15-12-7-10(18)4-5-13(12)19-16(15)23/h1-7,19,23H,8H2. The molecule has 1 aromatic heterocycles. The Kier molecular flexibility index (Phi) is 4.69. The van der Waals surface area contributed by atoms with Gasteiger partial charge in [0.05, 0.1) is 5.52 Å². The summed E-state index contributed by atoms with van der Waals surface area (Å²) in [4.78, 5) is 14.5. The minimum atomic E-state index is -0.606. The highest BCUT2D eigenvalue weighted by Gasteiger charge is 2.11. The van der Waals surface area contributed by atoms with E-state index in [1.165, 1.54) is 0 Å². The molecule has 0 unspecified atom stereocenters. The highest BCUT2D eigenvalue weighted by Crippen LogP contribution is 2.36. The van der Waals surface area contributed by atoms with E-state index in [2.05, 4.69) is 15.2 Å². The average Bonchev–Trinajstić information content (AvgIpc) is 2.86. The third kappa shape index (κ3) is 3.67. The number of H-pyrrole nitrogens is 1. The van der Waals surface area contributed by atoms with Crippen LogP contribution in [0.2, 0.25) is 10.0 Å². The van der Waals surface area contributed by atoms with Crippen LogP contribution in [-0.2, 0) is 4.79 Å². The minimum Gasteiger partial charge on any atom is -0.493 e. The van der Waals surface area contributed by atoms with Gasteiger partial charge in [-0.15, -0.1) is 10.2 Å². The maximum atomic E-state index is 11.8. The van der Waals surface area contributed by atoms with Crippen LogP contribution in [0.3, 0.4) is 0 Å². The van der Waals surface area contributed by atoms with Gasteiger partial charge in [-0.1, -0.05) is 29.3 Å². The number of aromatic hydroxyl groups is 1. The second kappa shape index (κ2) is 6.90. The molecule has 8 heteroatoms. The molecule has 6 nitrogen and oxygen atoms in total. The number of benzene rings is 2. The SMILES string of the molecule is O=C(COc1cccc(Cl)c1)N=Nc1c(O)[nH]c2ccc(Cl)cc12. The lowest BCUT2D eigenvalue weighted by molar-refractivity contribution is -0.120. The number of carbonyl (C=O) groups is 1. The number of ether oxygens (including phenoxy) is 1. The van der Waals surface area contributed by atoms with Crippen LogP contribution in [0.4, 0.5) is 5.69 Å². The lowest BCUT2D eigenvalue weighted by atomic mass is 10.2. The predicted octanol–water partition coefficient (Wildman–Crippen LogP) is 4.87. The summed E-state index contributed by atoms with van der Waals surface area (Å²) >= 11 is 11.8. The number of carbonyl (C=O) groups excluding carboxylic acids is 1. The molecule has 0 spiro atoms. The third-order valence-corrected chi connectivity index (χ3v) is 3.60. The number of fused-ring (bicyclic) bond motifs is 1. The van der Waals surface area contributed by atoms with Gasteiger partial charge in [-0.3, -0.25) is 4.79 Å². The number of rotatable bonds is 4. The Morgan fingerprint density at radius 3 is 2.75 bits per heavy atom. The third-order valence-electron chi connectivity index (χ3n) is 3.13. The predicted molar refractivity (Wildman–Crippen MR) is 91.4 cm³/mol. The van der Waals surface area contributed by atoms with Crippen molar-refractivity contribution in [2.75, 3.05) is 6.61 Å². The van der Waals surface area contributed by atoms with Crippen LogP contribution in [0.1, 0.15) is 0 Å². The highest BCUT2D eigenvalue weighted by atomic mass is 35.5.